The Kier molecular flexibility index (Phi) is 15.3. The molecule has 296 valence electrons. The molecule has 0 amide bonds. The number of benzene rings is 3. The maximum absolute atomic E-state index is 12.6. The first-order valence-electron chi connectivity index (χ1n) is 18.1. The van der Waals surface area contributed by atoms with Crippen LogP contribution in [0.3, 0.4) is 0 Å². The van der Waals surface area contributed by atoms with Crippen molar-refractivity contribution in [1.29, 1.82) is 0 Å². The van der Waals surface area contributed by atoms with Crippen molar-refractivity contribution in [2.24, 2.45) is 0 Å². The fourth-order valence-electron chi connectivity index (χ4n) is 6.41. The second-order valence-corrected chi connectivity index (χ2v) is 13.2. The van der Waals surface area contributed by atoms with E-state index < -0.39 is 91.9 Å². The van der Waals surface area contributed by atoms with Crippen LogP contribution in [0.5, 0.6) is 0 Å². The maximum atomic E-state index is 12.6. The molecule has 55 heavy (non-hydrogen) atoms. The maximum Gasteiger partial charge on any atom is 0.305 e. The minimum absolute atomic E-state index is 0.113. The van der Waals surface area contributed by atoms with E-state index in [0.29, 0.717) is 0 Å². The average Bonchev–Trinajstić information content (AvgIpc) is 3.15. The van der Waals surface area contributed by atoms with Gasteiger partial charge in [0.15, 0.2) is 24.6 Å². The molecule has 2 aliphatic rings. The fraction of sp³-hybridized carbons (Fsp3) is 0.463. The van der Waals surface area contributed by atoms with Gasteiger partial charge in [0.05, 0.1) is 25.9 Å². The summed E-state index contributed by atoms with van der Waals surface area (Å²) in [6.45, 7) is 6.59. The molecule has 0 bridgehead atoms. The van der Waals surface area contributed by atoms with Gasteiger partial charge < -0.3 is 47.4 Å². The molecule has 0 radical (unpaired) electrons. The van der Waals surface area contributed by atoms with Crippen LogP contribution in [0.15, 0.2) is 91.0 Å². The van der Waals surface area contributed by atoms with Crippen molar-refractivity contribution in [1.82, 2.24) is 0 Å². The van der Waals surface area contributed by atoms with Gasteiger partial charge in [0, 0.05) is 27.7 Å². The van der Waals surface area contributed by atoms with E-state index in [1.165, 1.54) is 6.92 Å². The Labute approximate surface area is 320 Å². The monoisotopic (exact) mass is 764 g/mol. The molecular formula is C41H48O14. The topological polar surface area (TPSA) is 161 Å². The van der Waals surface area contributed by atoms with Crippen LogP contribution in [0.25, 0.3) is 0 Å². The molecule has 2 aliphatic heterocycles. The van der Waals surface area contributed by atoms with E-state index in [9.17, 15) is 19.2 Å². The van der Waals surface area contributed by atoms with Crippen LogP contribution in [-0.2, 0) is 86.4 Å². The number of carbonyl (C=O) groups is 4. The molecule has 0 N–H and O–H groups in total. The molecule has 14 heteroatoms. The standard InChI is InChI=1S/C41H48O14/c1-25-34(47-21-30-15-9-6-10-16-30)36(48-22-31-17-11-7-12-18-31)38(49-23-32-19-13-8-14-20-32)40(50-25)55-39-37(52-28(4)44)35(51-27(3)43)33(24-46-26(2)42)54-41(39)53-29(5)45/h6-20,25,33-41H,21-24H2,1-5H3/t25-,33+,34+,35-,36-,37-,38-,39-,40+,41-/m0/s1. The molecule has 14 nitrogen and oxygen atoms in total. The molecule has 0 aliphatic carbocycles. The third-order valence-electron chi connectivity index (χ3n) is 8.80. The van der Waals surface area contributed by atoms with Crippen LogP contribution >= 0.6 is 0 Å². The van der Waals surface area contributed by atoms with Crippen LogP contribution in [0.4, 0.5) is 0 Å². The van der Waals surface area contributed by atoms with E-state index in [4.69, 9.17) is 47.4 Å². The van der Waals surface area contributed by atoms with Gasteiger partial charge in [0.25, 0.3) is 0 Å². The summed E-state index contributed by atoms with van der Waals surface area (Å²) < 4.78 is 61.2. The minimum atomic E-state index is -1.56. The average molecular weight is 765 g/mol. The highest BCUT2D eigenvalue weighted by Crippen LogP contribution is 2.36. The zero-order valence-electron chi connectivity index (χ0n) is 31.5. The second-order valence-electron chi connectivity index (χ2n) is 13.2. The van der Waals surface area contributed by atoms with Gasteiger partial charge in [-0.1, -0.05) is 91.0 Å². The summed E-state index contributed by atoms with van der Waals surface area (Å²) in [6.07, 6.45) is -11.5. The quantitative estimate of drug-likeness (QED) is 0.147. The zero-order chi connectivity index (χ0) is 39.3. The smallest absolute Gasteiger partial charge is 0.305 e. The van der Waals surface area contributed by atoms with E-state index in [1.807, 2.05) is 91.0 Å². The van der Waals surface area contributed by atoms with Gasteiger partial charge in [0.2, 0.25) is 6.29 Å². The first-order valence-corrected chi connectivity index (χ1v) is 18.1. The number of ether oxygens (including phenoxy) is 10. The summed E-state index contributed by atoms with van der Waals surface area (Å²) in [4.78, 5) is 49.3. The lowest BCUT2D eigenvalue weighted by atomic mass is 9.96. The predicted molar refractivity (Wildman–Crippen MR) is 192 cm³/mol. The van der Waals surface area contributed by atoms with Crippen LogP contribution < -0.4 is 0 Å². The fourth-order valence-corrected chi connectivity index (χ4v) is 6.41. The number of hydrogen-bond donors (Lipinski definition) is 0. The summed E-state index contributed by atoms with van der Waals surface area (Å²) >= 11 is 0. The van der Waals surface area contributed by atoms with E-state index in [2.05, 4.69) is 0 Å². The molecule has 2 heterocycles. The molecule has 2 fully saturated rings. The Bertz CT molecular complexity index is 1670. The molecule has 3 aromatic rings. The molecule has 10 atom stereocenters. The van der Waals surface area contributed by atoms with Crippen LogP contribution in [-0.4, -0.2) is 91.9 Å². The summed E-state index contributed by atoms with van der Waals surface area (Å²) in [5, 5.41) is 0. The van der Waals surface area contributed by atoms with E-state index >= 15 is 0 Å². The van der Waals surface area contributed by atoms with Crippen molar-refractivity contribution in [3.63, 3.8) is 0 Å². The van der Waals surface area contributed by atoms with E-state index in [-0.39, 0.29) is 19.8 Å². The lowest BCUT2D eigenvalue weighted by molar-refractivity contribution is -0.370. The Morgan fingerprint density at radius 1 is 0.491 bits per heavy atom. The molecule has 0 saturated carbocycles. The van der Waals surface area contributed by atoms with Gasteiger partial charge in [0.1, 0.15) is 31.0 Å². The largest absolute Gasteiger partial charge is 0.463 e. The highest BCUT2D eigenvalue weighted by atomic mass is 16.8. The number of rotatable bonds is 16. The van der Waals surface area contributed by atoms with Crippen molar-refractivity contribution in [3.05, 3.63) is 108 Å². The van der Waals surface area contributed by atoms with Crippen LogP contribution in [0, 0.1) is 0 Å². The molecule has 2 saturated heterocycles. The van der Waals surface area contributed by atoms with Crippen molar-refractivity contribution >= 4 is 23.9 Å². The summed E-state index contributed by atoms with van der Waals surface area (Å²) in [5.74, 6) is -2.92. The van der Waals surface area contributed by atoms with Gasteiger partial charge in [-0.15, -0.1) is 0 Å². The van der Waals surface area contributed by atoms with Crippen molar-refractivity contribution < 1.29 is 66.5 Å². The normalized spacial score (nSPS) is 27.7. The summed E-state index contributed by atoms with van der Waals surface area (Å²) in [6, 6.07) is 28.7. The highest BCUT2D eigenvalue weighted by molar-refractivity contribution is 5.68. The Balaban J connectivity index is 1.53. The number of carbonyl (C=O) groups excluding carboxylic acids is 4. The van der Waals surface area contributed by atoms with Crippen LogP contribution in [0.1, 0.15) is 51.3 Å². The van der Waals surface area contributed by atoms with Gasteiger partial charge in [-0.2, -0.15) is 0 Å². The van der Waals surface area contributed by atoms with Crippen molar-refractivity contribution in [2.75, 3.05) is 6.61 Å². The first-order chi connectivity index (χ1) is 26.5. The summed E-state index contributed by atoms with van der Waals surface area (Å²) in [7, 11) is 0. The first kappa shape index (κ1) is 41.5. The zero-order valence-corrected chi connectivity index (χ0v) is 31.5. The molecule has 0 aromatic heterocycles. The predicted octanol–water partition coefficient (Wildman–Crippen LogP) is 4.59. The van der Waals surface area contributed by atoms with Gasteiger partial charge >= 0.3 is 23.9 Å². The third-order valence-corrected chi connectivity index (χ3v) is 8.80. The lowest BCUT2D eigenvalue weighted by Gasteiger charge is -2.49. The van der Waals surface area contributed by atoms with E-state index in [0.717, 1.165) is 37.5 Å². The third kappa shape index (κ3) is 12.1. The molecule has 3 aromatic carbocycles. The van der Waals surface area contributed by atoms with Crippen molar-refractivity contribution in [3.8, 4) is 0 Å². The number of hydrogen-bond acceptors (Lipinski definition) is 14. The second kappa shape index (κ2) is 20.3. The van der Waals surface area contributed by atoms with Gasteiger partial charge in [-0.25, -0.2) is 0 Å². The van der Waals surface area contributed by atoms with Gasteiger partial charge in [-0.05, 0) is 23.6 Å². The number of esters is 4. The molecule has 5 rings (SSSR count). The van der Waals surface area contributed by atoms with Gasteiger partial charge in [-0.3, -0.25) is 19.2 Å². The van der Waals surface area contributed by atoms with Crippen LogP contribution in [0.2, 0.25) is 0 Å². The molecule has 0 spiro atoms. The van der Waals surface area contributed by atoms with Crippen molar-refractivity contribution in [2.45, 2.75) is 116 Å². The molecular weight excluding hydrogens is 716 g/mol. The highest BCUT2D eigenvalue weighted by Gasteiger charge is 2.56. The SMILES string of the molecule is CC(=O)OC[C@H]1O[C@H](OC(C)=O)[C@@H](O[C@H]2O[C@@H](C)[C@@H](OCc3ccccc3)[C@H](OCc3ccccc3)[C@@H]2OCc2ccccc2)[C@@H](OC(C)=O)[C@H]1OC(C)=O. The Morgan fingerprint density at radius 3 is 1.42 bits per heavy atom. The Morgan fingerprint density at radius 2 is 0.945 bits per heavy atom. The lowest BCUT2D eigenvalue weighted by Crippen LogP contribution is -2.66. The molecule has 0 unspecified atom stereocenters. The minimum Gasteiger partial charge on any atom is -0.463 e. The summed E-state index contributed by atoms with van der Waals surface area (Å²) in [5.41, 5.74) is 2.68. The Hall–Kier alpha value is -4.70. The van der Waals surface area contributed by atoms with E-state index in [1.54, 1.807) is 6.92 Å².